The SMILES string of the molecule is Cc1ccccc1CNc1ccc2c(c1)C(OC(C)C)C(OCc1ccccc1)C(C)(C)O2. The van der Waals surface area contributed by atoms with E-state index in [2.05, 4.69) is 88.5 Å². The summed E-state index contributed by atoms with van der Waals surface area (Å²) in [6, 6.07) is 25.0. The van der Waals surface area contributed by atoms with Gasteiger partial charge in [-0.05, 0) is 69.5 Å². The minimum absolute atomic E-state index is 0.0585. The molecule has 0 radical (unpaired) electrons. The molecule has 0 aromatic heterocycles. The molecule has 1 aliphatic rings. The van der Waals surface area contributed by atoms with E-state index < -0.39 is 5.60 Å². The summed E-state index contributed by atoms with van der Waals surface area (Å²) in [5.41, 5.74) is 5.23. The molecule has 3 aromatic carbocycles. The first kappa shape index (κ1) is 23.3. The number of hydrogen-bond donors (Lipinski definition) is 1. The maximum Gasteiger partial charge on any atom is 0.132 e. The molecule has 0 amide bonds. The van der Waals surface area contributed by atoms with E-state index in [4.69, 9.17) is 14.2 Å². The normalized spacial score (nSPS) is 19.1. The van der Waals surface area contributed by atoms with Crippen LogP contribution in [0.5, 0.6) is 5.75 Å². The Bertz CT molecular complexity index is 1060. The summed E-state index contributed by atoms with van der Waals surface area (Å²) in [6.45, 7) is 11.7. The van der Waals surface area contributed by atoms with E-state index in [1.165, 1.54) is 11.1 Å². The highest BCUT2D eigenvalue weighted by Gasteiger charge is 2.46. The van der Waals surface area contributed by atoms with Gasteiger partial charge in [-0.2, -0.15) is 0 Å². The topological polar surface area (TPSA) is 39.7 Å². The first-order chi connectivity index (χ1) is 15.8. The van der Waals surface area contributed by atoms with Crippen LogP contribution in [-0.4, -0.2) is 17.8 Å². The molecule has 2 atom stereocenters. The highest BCUT2D eigenvalue weighted by atomic mass is 16.6. The fourth-order valence-corrected chi connectivity index (χ4v) is 4.33. The molecule has 174 valence electrons. The van der Waals surface area contributed by atoms with Crippen LogP contribution in [0, 0.1) is 6.92 Å². The molecule has 1 heterocycles. The second-order valence-electron chi connectivity index (χ2n) is 9.56. The molecular formula is C29H35NO3. The Balaban J connectivity index is 1.59. The van der Waals surface area contributed by atoms with Gasteiger partial charge in [-0.25, -0.2) is 0 Å². The van der Waals surface area contributed by atoms with Gasteiger partial charge >= 0.3 is 0 Å². The van der Waals surface area contributed by atoms with Crippen molar-refractivity contribution >= 4 is 5.69 Å². The predicted octanol–water partition coefficient (Wildman–Crippen LogP) is 6.83. The molecule has 0 saturated heterocycles. The number of hydrogen-bond acceptors (Lipinski definition) is 4. The summed E-state index contributed by atoms with van der Waals surface area (Å²) in [4.78, 5) is 0. The number of fused-ring (bicyclic) bond motifs is 1. The zero-order chi connectivity index (χ0) is 23.4. The van der Waals surface area contributed by atoms with Gasteiger partial charge < -0.3 is 19.5 Å². The molecule has 4 rings (SSSR count). The van der Waals surface area contributed by atoms with Crippen LogP contribution in [0.3, 0.4) is 0 Å². The summed E-state index contributed by atoms with van der Waals surface area (Å²) in [5, 5.41) is 3.57. The predicted molar refractivity (Wildman–Crippen MR) is 134 cm³/mol. The van der Waals surface area contributed by atoms with E-state index in [1.54, 1.807) is 0 Å². The largest absolute Gasteiger partial charge is 0.485 e. The van der Waals surface area contributed by atoms with E-state index in [0.29, 0.717) is 6.61 Å². The Hall–Kier alpha value is -2.82. The maximum atomic E-state index is 6.47. The van der Waals surface area contributed by atoms with Crippen LogP contribution in [0.25, 0.3) is 0 Å². The minimum Gasteiger partial charge on any atom is -0.485 e. The van der Waals surface area contributed by atoms with Crippen LogP contribution in [0.1, 0.15) is 56.1 Å². The van der Waals surface area contributed by atoms with Crippen LogP contribution in [-0.2, 0) is 22.6 Å². The molecule has 33 heavy (non-hydrogen) atoms. The Kier molecular flexibility index (Phi) is 7.06. The molecule has 4 heteroatoms. The fraction of sp³-hybridized carbons (Fsp3) is 0.379. The lowest BCUT2D eigenvalue weighted by atomic mass is 9.87. The molecule has 0 bridgehead atoms. The van der Waals surface area contributed by atoms with Gasteiger partial charge in [0, 0.05) is 17.8 Å². The fourth-order valence-electron chi connectivity index (χ4n) is 4.33. The molecule has 4 nitrogen and oxygen atoms in total. The quantitative estimate of drug-likeness (QED) is 0.412. The molecule has 2 unspecified atom stereocenters. The molecule has 0 fully saturated rings. The number of aryl methyl sites for hydroxylation is 1. The second kappa shape index (κ2) is 9.98. The van der Waals surface area contributed by atoms with Crippen molar-refractivity contribution < 1.29 is 14.2 Å². The first-order valence-corrected chi connectivity index (χ1v) is 11.8. The van der Waals surface area contributed by atoms with Gasteiger partial charge in [-0.1, -0.05) is 54.6 Å². The number of anilines is 1. The third-order valence-corrected chi connectivity index (χ3v) is 6.08. The van der Waals surface area contributed by atoms with Crippen molar-refractivity contribution in [3.05, 3.63) is 95.1 Å². The Morgan fingerprint density at radius 3 is 2.42 bits per heavy atom. The van der Waals surface area contributed by atoms with Crippen LogP contribution in [0.2, 0.25) is 0 Å². The highest BCUT2D eigenvalue weighted by molar-refractivity contribution is 5.54. The van der Waals surface area contributed by atoms with Crippen LogP contribution in [0.4, 0.5) is 5.69 Å². The number of nitrogens with one attached hydrogen (secondary N) is 1. The third kappa shape index (κ3) is 5.58. The number of ether oxygens (including phenoxy) is 3. The molecule has 1 aliphatic heterocycles. The van der Waals surface area contributed by atoms with Crippen molar-refractivity contribution in [1.82, 2.24) is 0 Å². The Labute approximate surface area is 197 Å². The van der Waals surface area contributed by atoms with Crippen LogP contribution in [0.15, 0.2) is 72.8 Å². The lowest BCUT2D eigenvalue weighted by molar-refractivity contribution is -0.177. The minimum atomic E-state index is -0.530. The molecule has 1 N–H and O–H groups in total. The van der Waals surface area contributed by atoms with Gasteiger partial charge in [0.15, 0.2) is 0 Å². The smallest absolute Gasteiger partial charge is 0.132 e. The first-order valence-electron chi connectivity index (χ1n) is 11.8. The van der Waals surface area contributed by atoms with E-state index in [1.807, 2.05) is 24.3 Å². The van der Waals surface area contributed by atoms with Gasteiger partial charge in [-0.3, -0.25) is 0 Å². The van der Waals surface area contributed by atoms with Gasteiger partial charge in [0.1, 0.15) is 23.6 Å². The molecule has 0 saturated carbocycles. The van der Waals surface area contributed by atoms with Crippen molar-refractivity contribution in [3.63, 3.8) is 0 Å². The number of benzene rings is 3. The van der Waals surface area contributed by atoms with Gasteiger partial charge in [-0.15, -0.1) is 0 Å². The number of rotatable bonds is 8. The zero-order valence-electron chi connectivity index (χ0n) is 20.3. The summed E-state index contributed by atoms with van der Waals surface area (Å²) in [6.07, 6.45) is -0.421. The highest BCUT2D eigenvalue weighted by Crippen LogP contribution is 2.45. The summed E-state index contributed by atoms with van der Waals surface area (Å²) < 4.78 is 19.4. The monoisotopic (exact) mass is 445 g/mol. The van der Waals surface area contributed by atoms with Crippen molar-refractivity contribution in [2.24, 2.45) is 0 Å². The summed E-state index contributed by atoms with van der Waals surface area (Å²) in [5.74, 6) is 0.853. The van der Waals surface area contributed by atoms with E-state index >= 15 is 0 Å². The van der Waals surface area contributed by atoms with Crippen LogP contribution >= 0.6 is 0 Å². The standard InChI is InChI=1S/C29H35NO3/c1-20(2)32-27-25-17-24(30-18-23-14-10-9-11-21(23)3)15-16-26(25)33-29(4,5)28(27)31-19-22-12-7-6-8-13-22/h6-17,20,27-28,30H,18-19H2,1-5H3. The van der Waals surface area contributed by atoms with Crippen LogP contribution < -0.4 is 10.1 Å². The molecule has 0 aliphatic carbocycles. The van der Waals surface area contributed by atoms with Gasteiger partial charge in [0.2, 0.25) is 0 Å². The van der Waals surface area contributed by atoms with Crippen molar-refractivity contribution in [2.75, 3.05) is 5.32 Å². The summed E-state index contributed by atoms with van der Waals surface area (Å²) in [7, 11) is 0. The maximum absolute atomic E-state index is 6.47. The molecule has 0 spiro atoms. The van der Waals surface area contributed by atoms with Gasteiger partial charge in [0.05, 0.1) is 12.7 Å². The van der Waals surface area contributed by atoms with E-state index in [9.17, 15) is 0 Å². The average molecular weight is 446 g/mol. The van der Waals surface area contributed by atoms with Crippen molar-refractivity contribution in [1.29, 1.82) is 0 Å². The Morgan fingerprint density at radius 1 is 0.970 bits per heavy atom. The molecular weight excluding hydrogens is 410 g/mol. The Morgan fingerprint density at radius 2 is 1.70 bits per heavy atom. The van der Waals surface area contributed by atoms with Crippen molar-refractivity contribution in [3.8, 4) is 5.75 Å². The van der Waals surface area contributed by atoms with Gasteiger partial charge in [0.25, 0.3) is 0 Å². The lowest BCUT2D eigenvalue weighted by Crippen LogP contribution is -2.51. The third-order valence-electron chi connectivity index (χ3n) is 6.08. The van der Waals surface area contributed by atoms with E-state index in [0.717, 1.165) is 29.1 Å². The second-order valence-corrected chi connectivity index (χ2v) is 9.56. The van der Waals surface area contributed by atoms with Crippen molar-refractivity contribution in [2.45, 2.75) is 71.7 Å². The molecule has 3 aromatic rings. The van der Waals surface area contributed by atoms with E-state index in [-0.39, 0.29) is 18.3 Å². The zero-order valence-corrected chi connectivity index (χ0v) is 20.3. The summed E-state index contributed by atoms with van der Waals surface area (Å²) >= 11 is 0. The lowest BCUT2D eigenvalue weighted by Gasteiger charge is -2.45. The average Bonchev–Trinajstić information content (AvgIpc) is 2.78.